The lowest BCUT2D eigenvalue weighted by Gasteiger charge is -2.27. The summed E-state index contributed by atoms with van der Waals surface area (Å²) in [7, 11) is 1.54. The Morgan fingerprint density at radius 1 is 1.45 bits per heavy atom. The molecule has 120 valence electrons. The Hall–Kier alpha value is -1.76. The van der Waals surface area contributed by atoms with Crippen LogP contribution in [-0.4, -0.2) is 42.5 Å². The van der Waals surface area contributed by atoms with Gasteiger partial charge in [-0.3, -0.25) is 14.9 Å². The minimum atomic E-state index is -0.469. The molecule has 1 atom stereocenters. The number of nitrogens with one attached hydrogen (secondary N) is 1. The van der Waals surface area contributed by atoms with E-state index in [1.54, 1.807) is 6.07 Å². The number of non-ortho nitro benzene ring substituents is 1. The maximum Gasteiger partial charge on any atom is 0.270 e. The van der Waals surface area contributed by atoms with Gasteiger partial charge in [0.15, 0.2) is 0 Å². The van der Waals surface area contributed by atoms with E-state index in [-0.39, 0.29) is 11.6 Å². The van der Waals surface area contributed by atoms with Crippen LogP contribution in [0.15, 0.2) is 18.2 Å². The molecule has 1 aliphatic heterocycles. The first kappa shape index (κ1) is 16.6. The lowest BCUT2D eigenvalue weighted by Crippen LogP contribution is -2.32. The van der Waals surface area contributed by atoms with E-state index in [4.69, 9.17) is 0 Å². The number of rotatable bonds is 4. The van der Waals surface area contributed by atoms with E-state index < -0.39 is 4.92 Å². The van der Waals surface area contributed by atoms with Crippen molar-refractivity contribution in [1.29, 1.82) is 0 Å². The molecule has 7 heteroatoms. The van der Waals surface area contributed by atoms with Crippen molar-refractivity contribution in [2.75, 3.05) is 31.3 Å². The molecule has 0 spiro atoms. The molecule has 1 fully saturated rings. The molecule has 1 heterocycles. The van der Waals surface area contributed by atoms with E-state index in [1.165, 1.54) is 32.0 Å². The van der Waals surface area contributed by atoms with Gasteiger partial charge in [-0.2, -0.15) is 11.8 Å². The number of nitro groups is 1. The lowest BCUT2D eigenvalue weighted by atomic mass is 10.1. The second kappa shape index (κ2) is 7.49. The number of hydrogen-bond acceptors (Lipinski definition) is 5. The molecule has 1 aromatic rings. The number of anilines is 1. The maximum atomic E-state index is 12.1. The van der Waals surface area contributed by atoms with Gasteiger partial charge in [0.1, 0.15) is 0 Å². The van der Waals surface area contributed by atoms with Crippen LogP contribution in [0.2, 0.25) is 0 Å². The zero-order valence-corrected chi connectivity index (χ0v) is 13.7. The fraction of sp³-hybridized carbons (Fsp3) is 0.533. The highest BCUT2D eigenvalue weighted by atomic mass is 32.2. The molecule has 1 aliphatic rings. The van der Waals surface area contributed by atoms with Crippen LogP contribution in [0, 0.1) is 10.1 Å². The summed E-state index contributed by atoms with van der Waals surface area (Å²) in [5.41, 5.74) is 1.10. The summed E-state index contributed by atoms with van der Waals surface area (Å²) >= 11 is 1.84. The molecule has 2 rings (SSSR count). The van der Waals surface area contributed by atoms with Gasteiger partial charge in [-0.15, -0.1) is 0 Å². The molecule has 1 N–H and O–H groups in total. The Kier molecular flexibility index (Phi) is 5.65. The highest BCUT2D eigenvalue weighted by Gasteiger charge is 2.23. The Morgan fingerprint density at radius 3 is 2.86 bits per heavy atom. The Balaban J connectivity index is 2.39. The van der Waals surface area contributed by atoms with Gasteiger partial charge in [-0.25, -0.2) is 0 Å². The first-order chi connectivity index (χ1) is 10.6. The summed E-state index contributed by atoms with van der Waals surface area (Å²) in [4.78, 5) is 24.8. The standard InChI is InChI=1S/C15H21N3O3S/c1-16-15(19)13-9-11(18(20)21)6-7-14(13)17-8-4-3-5-12(10-17)22-2/h6-7,9,12H,3-5,8,10H2,1-2H3,(H,16,19). The van der Waals surface area contributed by atoms with Crippen molar-refractivity contribution in [2.45, 2.75) is 24.5 Å². The molecule has 0 aromatic heterocycles. The average molecular weight is 323 g/mol. The highest BCUT2D eigenvalue weighted by Crippen LogP contribution is 2.29. The average Bonchev–Trinajstić information content (AvgIpc) is 2.78. The minimum Gasteiger partial charge on any atom is -0.370 e. The third-order valence-electron chi connectivity index (χ3n) is 3.96. The van der Waals surface area contributed by atoms with Gasteiger partial charge in [0, 0.05) is 37.5 Å². The van der Waals surface area contributed by atoms with E-state index in [0.717, 1.165) is 25.2 Å². The number of hydrogen-bond donors (Lipinski definition) is 1. The highest BCUT2D eigenvalue weighted by molar-refractivity contribution is 7.99. The van der Waals surface area contributed by atoms with Crippen molar-refractivity contribution in [3.05, 3.63) is 33.9 Å². The molecule has 6 nitrogen and oxygen atoms in total. The number of carbonyl (C=O) groups is 1. The van der Waals surface area contributed by atoms with Crippen LogP contribution in [0.25, 0.3) is 0 Å². The maximum absolute atomic E-state index is 12.1. The number of carbonyl (C=O) groups excluding carboxylic acids is 1. The lowest BCUT2D eigenvalue weighted by molar-refractivity contribution is -0.384. The van der Waals surface area contributed by atoms with Crippen molar-refractivity contribution in [3.8, 4) is 0 Å². The van der Waals surface area contributed by atoms with Crippen LogP contribution >= 0.6 is 11.8 Å². The van der Waals surface area contributed by atoms with Gasteiger partial charge in [0.25, 0.3) is 11.6 Å². The second-order valence-electron chi connectivity index (χ2n) is 5.34. The number of benzene rings is 1. The van der Waals surface area contributed by atoms with Crippen LogP contribution in [0.3, 0.4) is 0 Å². The summed E-state index contributed by atoms with van der Waals surface area (Å²) in [5.74, 6) is -0.288. The number of thioether (sulfide) groups is 1. The van der Waals surface area contributed by atoms with Crippen molar-refractivity contribution in [3.63, 3.8) is 0 Å². The van der Waals surface area contributed by atoms with E-state index >= 15 is 0 Å². The number of nitro benzene ring substituents is 1. The topological polar surface area (TPSA) is 75.5 Å². The fourth-order valence-corrected chi connectivity index (χ4v) is 3.48. The SMILES string of the molecule is CNC(=O)c1cc([N+](=O)[O-])ccc1N1CCCCC(SC)C1. The monoisotopic (exact) mass is 323 g/mol. The molecule has 1 amide bonds. The Labute approximate surface area is 134 Å². The fourth-order valence-electron chi connectivity index (χ4n) is 2.74. The first-order valence-corrected chi connectivity index (χ1v) is 8.64. The zero-order chi connectivity index (χ0) is 16.1. The first-order valence-electron chi connectivity index (χ1n) is 7.35. The van der Waals surface area contributed by atoms with Crippen LogP contribution in [-0.2, 0) is 0 Å². The van der Waals surface area contributed by atoms with E-state index in [9.17, 15) is 14.9 Å². The third kappa shape index (κ3) is 3.71. The van der Waals surface area contributed by atoms with E-state index in [0.29, 0.717) is 10.8 Å². The minimum absolute atomic E-state index is 0.0569. The molecule has 22 heavy (non-hydrogen) atoms. The van der Waals surface area contributed by atoms with Gasteiger partial charge in [0.05, 0.1) is 16.2 Å². The van der Waals surface area contributed by atoms with Crippen LogP contribution in [0.5, 0.6) is 0 Å². The zero-order valence-electron chi connectivity index (χ0n) is 12.9. The van der Waals surface area contributed by atoms with Crippen LogP contribution in [0.1, 0.15) is 29.6 Å². The van der Waals surface area contributed by atoms with Gasteiger partial charge < -0.3 is 10.2 Å². The van der Waals surface area contributed by atoms with Gasteiger partial charge >= 0.3 is 0 Å². The molecule has 0 bridgehead atoms. The van der Waals surface area contributed by atoms with Gasteiger partial charge in [0.2, 0.25) is 0 Å². The molecule has 0 saturated carbocycles. The summed E-state index contributed by atoms with van der Waals surface area (Å²) in [6.07, 6.45) is 5.51. The normalized spacial score (nSPS) is 18.6. The van der Waals surface area contributed by atoms with Gasteiger partial charge in [-0.1, -0.05) is 6.42 Å². The van der Waals surface area contributed by atoms with E-state index in [2.05, 4.69) is 16.5 Å². The molecule has 0 aliphatic carbocycles. The number of amides is 1. The Bertz CT molecular complexity index is 565. The third-order valence-corrected chi connectivity index (χ3v) is 5.02. The largest absolute Gasteiger partial charge is 0.370 e. The van der Waals surface area contributed by atoms with Crippen molar-refractivity contribution in [1.82, 2.24) is 5.32 Å². The summed E-state index contributed by atoms with van der Waals surface area (Å²) in [6.45, 7) is 1.74. The number of nitrogens with zero attached hydrogens (tertiary/aromatic N) is 2. The Morgan fingerprint density at radius 2 is 2.23 bits per heavy atom. The second-order valence-corrected chi connectivity index (χ2v) is 6.48. The molecule has 1 unspecified atom stereocenters. The summed E-state index contributed by atoms with van der Waals surface area (Å²) < 4.78 is 0. The van der Waals surface area contributed by atoms with Crippen LogP contribution in [0.4, 0.5) is 11.4 Å². The molecule has 1 saturated heterocycles. The summed E-state index contributed by atoms with van der Waals surface area (Å²) in [6, 6.07) is 4.54. The smallest absolute Gasteiger partial charge is 0.270 e. The predicted octanol–water partition coefficient (Wildman–Crippen LogP) is 2.68. The van der Waals surface area contributed by atoms with E-state index in [1.807, 2.05) is 11.8 Å². The predicted molar refractivity (Wildman–Crippen MR) is 89.9 cm³/mol. The van der Waals surface area contributed by atoms with Gasteiger partial charge in [-0.05, 0) is 25.2 Å². The molecular formula is C15H21N3O3S. The van der Waals surface area contributed by atoms with Crippen molar-refractivity contribution >= 4 is 29.0 Å². The quantitative estimate of drug-likeness (QED) is 0.681. The molecule has 0 radical (unpaired) electrons. The summed E-state index contributed by atoms with van der Waals surface area (Å²) in [5, 5.41) is 14.1. The molecular weight excluding hydrogens is 302 g/mol. The molecule has 1 aromatic carbocycles. The van der Waals surface area contributed by atoms with Crippen molar-refractivity contribution < 1.29 is 9.72 Å². The van der Waals surface area contributed by atoms with Crippen LogP contribution < -0.4 is 10.2 Å². The van der Waals surface area contributed by atoms with Crippen molar-refractivity contribution in [2.24, 2.45) is 0 Å².